The predicted octanol–water partition coefficient (Wildman–Crippen LogP) is 5.04. The lowest BCUT2D eigenvalue weighted by Gasteiger charge is -2.05. The monoisotopic (exact) mass is 363 g/mol. The van der Waals surface area contributed by atoms with E-state index in [2.05, 4.69) is 5.32 Å². The Morgan fingerprint density at radius 3 is 2.76 bits per heavy atom. The molecule has 0 aliphatic heterocycles. The van der Waals surface area contributed by atoms with Crippen molar-refractivity contribution >= 4 is 23.2 Å². The van der Waals surface area contributed by atoms with Gasteiger partial charge < -0.3 is 14.5 Å². The second-order valence-corrected chi connectivity index (χ2v) is 5.53. The fraction of sp³-hybridized carbons (Fsp3) is 0.0556. The summed E-state index contributed by atoms with van der Waals surface area (Å²) in [6, 6.07) is 12.6. The molecule has 0 saturated heterocycles. The van der Waals surface area contributed by atoms with Crippen LogP contribution in [0.4, 0.5) is 14.5 Å². The molecule has 4 nitrogen and oxygen atoms in total. The van der Waals surface area contributed by atoms with Gasteiger partial charge in [-0.1, -0.05) is 17.7 Å². The number of hydrogen-bond acceptors (Lipinski definition) is 3. The number of carbonyl (C=O) groups is 1. The van der Waals surface area contributed by atoms with E-state index in [1.54, 1.807) is 30.3 Å². The third kappa shape index (κ3) is 4.36. The Hall–Kier alpha value is -2.86. The minimum Gasteiger partial charge on any atom is -0.486 e. The average molecular weight is 364 g/mol. The minimum atomic E-state index is -0.745. The highest BCUT2D eigenvalue weighted by atomic mass is 35.5. The molecule has 1 heterocycles. The molecule has 1 amide bonds. The molecule has 0 saturated carbocycles. The van der Waals surface area contributed by atoms with Crippen LogP contribution >= 0.6 is 11.6 Å². The third-order valence-corrected chi connectivity index (χ3v) is 3.47. The molecule has 128 valence electrons. The zero-order valence-electron chi connectivity index (χ0n) is 12.8. The standard InChI is InChI=1S/C18H12ClF2NO3/c19-11-2-1-3-13(8-11)24-10-14-5-7-17(25-14)18(23)22-16-9-12(20)4-6-15(16)21/h1-9H,10H2,(H,22,23). The van der Waals surface area contributed by atoms with Crippen LogP contribution in [0.15, 0.2) is 59.0 Å². The van der Waals surface area contributed by atoms with Crippen molar-refractivity contribution in [1.29, 1.82) is 0 Å². The number of ether oxygens (including phenoxy) is 1. The first kappa shape index (κ1) is 17.0. The number of furan rings is 1. The van der Waals surface area contributed by atoms with Gasteiger partial charge in [-0.25, -0.2) is 8.78 Å². The first-order valence-corrected chi connectivity index (χ1v) is 7.62. The van der Waals surface area contributed by atoms with E-state index in [1.165, 1.54) is 6.07 Å². The van der Waals surface area contributed by atoms with E-state index in [0.717, 1.165) is 18.2 Å². The molecule has 0 fully saturated rings. The van der Waals surface area contributed by atoms with E-state index >= 15 is 0 Å². The summed E-state index contributed by atoms with van der Waals surface area (Å²) in [7, 11) is 0. The van der Waals surface area contributed by atoms with Crippen LogP contribution in [-0.4, -0.2) is 5.91 Å². The van der Waals surface area contributed by atoms with Gasteiger partial charge in [-0.3, -0.25) is 4.79 Å². The number of benzene rings is 2. The van der Waals surface area contributed by atoms with Crippen molar-refractivity contribution in [2.45, 2.75) is 6.61 Å². The molecule has 7 heteroatoms. The Labute approximate surface area is 147 Å². The van der Waals surface area contributed by atoms with E-state index in [1.807, 2.05) is 0 Å². The van der Waals surface area contributed by atoms with Crippen molar-refractivity contribution in [1.82, 2.24) is 0 Å². The van der Waals surface area contributed by atoms with Crippen LogP contribution in [0, 0.1) is 11.6 Å². The minimum absolute atomic E-state index is 0.0478. The highest BCUT2D eigenvalue weighted by molar-refractivity contribution is 6.30. The van der Waals surface area contributed by atoms with Crippen molar-refractivity contribution in [3.63, 3.8) is 0 Å². The third-order valence-electron chi connectivity index (χ3n) is 3.24. The van der Waals surface area contributed by atoms with Gasteiger partial charge in [0.1, 0.15) is 29.8 Å². The highest BCUT2D eigenvalue weighted by Gasteiger charge is 2.14. The van der Waals surface area contributed by atoms with Crippen LogP contribution in [0.1, 0.15) is 16.3 Å². The van der Waals surface area contributed by atoms with Gasteiger partial charge in [0.15, 0.2) is 5.76 Å². The molecule has 3 rings (SSSR count). The second kappa shape index (κ2) is 7.36. The molecule has 1 N–H and O–H groups in total. The lowest BCUT2D eigenvalue weighted by atomic mass is 10.3. The lowest BCUT2D eigenvalue weighted by Crippen LogP contribution is -2.12. The number of nitrogens with one attached hydrogen (secondary N) is 1. The van der Waals surface area contributed by atoms with Gasteiger partial charge in [-0.15, -0.1) is 0 Å². The van der Waals surface area contributed by atoms with Crippen molar-refractivity contribution in [3.05, 3.63) is 82.8 Å². The Morgan fingerprint density at radius 1 is 1.12 bits per heavy atom. The molecule has 1 aromatic heterocycles. The molecule has 3 aromatic rings. The summed E-state index contributed by atoms with van der Waals surface area (Å²) in [5.74, 6) is -1.20. The van der Waals surface area contributed by atoms with Gasteiger partial charge >= 0.3 is 0 Å². The van der Waals surface area contributed by atoms with Gasteiger partial charge in [-0.2, -0.15) is 0 Å². The number of anilines is 1. The fourth-order valence-corrected chi connectivity index (χ4v) is 2.25. The van der Waals surface area contributed by atoms with Crippen LogP contribution in [0.25, 0.3) is 0 Å². The van der Waals surface area contributed by atoms with Crippen LogP contribution in [0.2, 0.25) is 5.02 Å². The molecular formula is C18H12ClF2NO3. The smallest absolute Gasteiger partial charge is 0.291 e. The van der Waals surface area contributed by atoms with E-state index in [0.29, 0.717) is 16.5 Å². The number of hydrogen-bond donors (Lipinski definition) is 1. The number of amides is 1. The predicted molar refractivity (Wildman–Crippen MR) is 88.8 cm³/mol. The number of carbonyl (C=O) groups excluding carboxylic acids is 1. The van der Waals surface area contributed by atoms with Crippen molar-refractivity contribution < 1.29 is 22.7 Å². The van der Waals surface area contributed by atoms with Gasteiger partial charge in [0.05, 0.1) is 5.69 Å². The molecule has 0 spiro atoms. The summed E-state index contributed by atoms with van der Waals surface area (Å²) in [5.41, 5.74) is -0.266. The quantitative estimate of drug-likeness (QED) is 0.690. The second-order valence-electron chi connectivity index (χ2n) is 5.09. The summed E-state index contributed by atoms with van der Waals surface area (Å²) in [5, 5.41) is 2.79. The molecule has 0 bridgehead atoms. The normalized spacial score (nSPS) is 10.5. The van der Waals surface area contributed by atoms with Crippen molar-refractivity contribution in [2.75, 3.05) is 5.32 Å². The Kier molecular flexibility index (Phi) is 5.00. The lowest BCUT2D eigenvalue weighted by molar-refractivity contribution is 0.0992. The fourth-order valence-electron chi connectivity index (χ4n) is 2.07. The van der Waals surface area contributed by atoms with Gasteiger partial charge in [0.25, 0.3) is 5.91 Å². The van der Waals surface area contributed by atoms with E-state index < -0.39 is 17.5 Å². The zero-order chi connectivity index (χ0) is 17.8. The molecule has 0 atom stereocenters. The van der Waals surface area contributed by atoms with Crippen molar-refractivity contribution in [3.8, 4) is 5.75 Å². The molecular weight excluding hydrogens is 352 g/mol. The van der Waals surface area contributed by atoms with Crippen LogP contribution in [0.3, 0.4) is 0 Å². The zero-order valence-corrected chi connectivity index (χ0v) is 13.5. The molecule has 0 aliphatic rings. The molecule has 0 radical (unpaired) electrons. The number of rotatable bonds is 5. The largest absolute Gasteiger partial charge is 0.486 e. The van der Waals surface area contributed by atoms with Crippen LogP contribution < -0.4 is 10.1 Å². The summed E-state index contributed by atoms with van der Waals surface area (Å²) >= 11 is 5.86. The number of halogens is 3. The summed E-state index contributed by atoms with van der Waals surface area (Å²) in [6.45, 7) is 0.0853. The summed E-state index contributed by atoms with van der Waals surface area (Å²) in [4.78, 5) is 12.1. The van der Waals surface area contributed by atoms with Gasteiger partial charge in [0.2, 0.25) is 0 Å². The first-order chi connectivity index (χ1) is 12.0. The Bertz CT molecular complexity index is 911. The molecule has 0 aliphatic carbocycles. The summed E-state index contributed by atoms with van der Waals surface area (Å²) in [6.07, 6.45) is 0. The highest BCUT2D eigenvalue weighted by Crippen LogP contribution is 2.20. The van der Waals surface area contributed by atoms with E-state index in [9.17, 15) is 13.6 Å². The SMILES string of the molecule is O=C(Nc1cc(F)ccc1F)c1ccc(COc2cccc(Cl)c2)o1. The Morgan fingerprint density at radius 2 is 1.96 bits per heavy atom. The van der Waals surface area contributed by atoms with Crippen LogP contribution in [-0.2, 0) is 6.61 Å². The topological polar surface area (TPSA) is 51.5 Å². The maximum atomic E-state index is 13.5. The van der Waals surface area contributed by atoms with E-state index in [-0.39, 0.29) is 18.1 Å². The molecule has 2 aromatic carbocycles. The van der Waals surface area contributed by atoms with Crippen molar-refractivity contribution in [2.24, 2.45) is 0 Å². The molecule has 25 heavy (non-hydrogen) atoms. The molecule has 0 unspecified atom stereocenters. The Balaban J connectivity index is 1.64. The average Bonchev–Trinajstić information content (AvgIpc) is 3.05. The van der Waals surface area contributed by atoms with E-state index in [4.69, 9.17) is 20.8 Å². The maximum Gasteiger partial charge on any atom is 0.291 e. The maximum absolute atomic E-state index is 13.5. The van der Waals surface area contributed by atoms with Gasteiger partial charge in [-0.05, 0) is 42.5 Å². The van der Waals surface area contributed by atoms with Crippen LogP contribution in [0.5, 0.6) is 5.75 Å². The first-order valence-electron chi connectivity index (χ1n) is 7.25. The van der Waals surface area contributed by atoms with Gasteiger partial charge in [0, 0.05) is 11.1 Å². The summed E-state index contributed by atoms with van der Waals surface area (Å²) < 4.78 is 37.5.